The van der Waals surface area contributed by atoms with Gasteiger partial charge in [0.05, 0.1) is 10.3 Å². The number of hydrogen-bond donors (Lipinski definition) is 1. The van der Waals surface area contributed by atoms with Crippen LogP contribution in [0.1, 0.15) is 69.9 Å². The summed E-state index contributed by atoms with van der Waals surface area (Å²) in [6.45, 7) is 16.2. The van der Waals surface area contributed by atoms with Crippen molar-refractivity contribution >= 4 is 39.4 Å². The summed E-state index contributed by atoms with van der Waals surface area (Å²) in [6, 6.07) is 11.3. The molecular weight excluding hydrogens is 548 g/mol. The van der Waals surface area contributed by atoms with E-state index in [4.69, 9.17) is 0 Å². The maximum atomic E-state index is 11.8. The quantitative estimate of drug-likeness (QED) is 0.280. The summed E-state index contributed by atoms with van der Waals surface area (Å²) in [5.74, 6) is 0.999. The Hall–Kier alpha value is -4.02. The van der Waals surface area contributed by atoms with Gasteiger partial charge in [-0.1, -0.05) is 26.0 Å². The maximum absolute atomic E-state index is 11.8. The lowest BCUT2D eigenvalue weighted by Gasteiger charge is -2.25. The SMILES string of the molecule is CCN1/C(=C/C=C/C2=[N+](CC)c3ccc(/C=C/c4nnc(C)nn4)cc3C2(C)C)C(C)(C)c2cc(S(=O)(=O)O)ccc21. The van der Waals surface area contributed by atoms with Crippen LogP contribution in [-0.2, 0) is 20.9 Å². The second kappa shape index (κ2) is 10.7. The van der Waals surface area contributed by atoms with E-state index >= 15 is 0 Å². The molecule has 2 aliphatic heterocycles. The summed E-state index contributed by atoms with van der Waals surface area (Å²) in [5, 5.41) is 16.1. The Bertz CT molecular complexity index is 1790. The van der Waals surface area contributed by atoms with E-state index in [-0.39, 0.29) is 10.3 Å². The molecule has 1 N–H and O–H groups in total. The van der Waals surface area contributed by atoms with Gasteiger partial charge in [0.15, 0.2) is 17.4 Å². The van der Waals surface area contributed by atoms with Crippen LogP contribution in [0.2, 0.25) is 0 Å². The smallest absolute Gasteiger partial charge is 0.294 e. The fourth-order valence-corrected chi connectivity index (χ4v) is 6.55. The number of rotatable bonds is 7. The number of likely N-dealkylation sites (N-methyl/N-ethyl adjacent to an activating group) is 1. The summed E-state index contributed by atoms with van der Waals surface area (Å²) in [7, 11) is -4.29. The molecule has 0 atom stereocenters. The molecule has 0 radical (unpaired) electrons. The normalized spacial score (nSPS) is 18.5. The van der Waals surface area contributed by atoms with Gasteiger partial charge in [-0.2, -0.15) is 13.0 Å². The predicted octanol–water partition coefficient (Wildman–Crippen LogP) is 5.65. The molecule has 0 amide bonds. The van der Waals surface area contributed by atoms with Crippen LogP contribution < -0.4 is 4.90 Å². The van der Waals surface area contributed by atoms with E-state index < -0.39 is 15.5 Å². The average Bonchev–Trinajstić information content (AvgIpc) is 3.30. The molecule has 218 valence electrons. The molecule has 0 fully saturated rings. The van der Waals surface area contributed by atoms with Gasteiger partial charge in [0.25, 0.3) is 10.1 Å². The van der Waals surface area contributed by atoms with Crippen LogP contribution in [0.5, 0.6) is 0 Å². The molecule has 3 heterocycles. The summed E-state index contributed by atoms with van der Waals surface area (Å²) in [4.78, 5) is 2.11. The van der Waals surface area contributed by atoms with Crippen molar-refractivity contribution in [1.82, 2.24) is 20.4 Å². The highest BCUT2D eigenvalue weighted by atomic mass is 32.2. The van der Waals surface area contributed by atoms with Crippen LogP contribution in [0.25, 0.3) is 12.2 Å². The third-order valence-electron chi connectivity index (χ3n) is 8.24. The van der Waals surface area contributed by atoms with Crippen LogP contribution in [0, 0.1) is 6.92 Å². The molecule has 0 bridgehead atoms. The average molecular weight is 586 g/mol. The van der Waals surface area contributed by atoms with Crippen molar-refractivity contribution in [1.29, 1.82) is 0 Å². The fraction of sp³-hybridized carbons (Fsp3) is 0.344. The van der Waals surface area contributed by atoms with E-state index in [1.54, 1.807) is 19.1 Å². The van der Waals surface area contributed by atoms with Gasteiger partial charge in [-0.15, -0.1) is 20.4 Å². The van der Waals surface area contributed by atoms with Gasteiger partial charge >= 0.3 is 0 Å². The third-order valence-corrected chi connectivity index (χ3v) is 9.09. The van der Waals surface area contributed by atoms with Gasteiger partial charge in [0, 0.05) is 41.1 Å². The Kier molecular flexibility index (Phi) is 7.49. The number of hydrogen-bond acceptors (Lipinski definition) is 7. The van der Waals surface area contributed by atoms with Gasteiger partial charge in [0.2, 0.25) is 5.69 Å². The lowest BCUT2D eigenvalue weighted by Crippen LogP contribution is -2.28. The van der Waals surface area contributed by atoms with Crippen molar-refractivity contribution < 1.29 is 17.5 Å². The standard InChI is InChI=1S/C32H36N6O3S/c1-8-37-26-16-13-22(14-18-30-35-33-21(3)34-36-30)19-24(26)31(4,5)28(37)11-10-12-29-32(6,7)25-20-23(42(39,40)41)15-17-27(25)38(29)9-2/h10-20H,8-9H2,1-7H3/p+1/b18-14+. The van der Waals surface area contributed by atoms with Crippen molar-refractivity contribution in [2.75, 3.05) is 18.0 Å². The first kappa shape index (κ1) is 29.5. The number of aryl methyl sites for hydroxylation is 1. The summed E-state index contributed by atoms with van der Waals surface area (Å²) in [6.07, 6.45) is 10.2. The fourth-order valence-electron chi connectivity index (χ4n) is 6.05. The molecule has 1 aromatic heterocycles. The van der Waals surface area contributed by atoms with Crippen molar-refractivity contribution in [3.63, 3.8) is 0 Å². The molecule has 42 heavy (non-hydrogen) atoms. The van der Waals surface area contributed by atoms with Gasteiger partial charge in [-0.3, -0.25) is 4.55 Å². The molecule has 2 aliphatic rings. The highest BCUT2D eigenvalue weighted by Crippen LogP contribution is 2.48. The molecule has 0 unspecified atom stereocenters. The Morgan fingerprint density at radius 1 is 0.905 bits per heavy atom. The highest BCUT2D eigenvalue weighted by molar-refractivity contribution is 7.85. The minimum Gasteiger partial charge on any atom is -0.344 e. The van der Waals surface area contributed by atoms with E-state index in [1.807, 2.05) is 12.2 Å². The van der Waals surface area contributed by atoms with Gasteiger partial charge in [0.1, 0.15) is 6.54 Å². The first-order chi connectivity index (χ1) is 19.8. The van der Waals surface area contributed by atoms with Crippen LogP contribution in [0.3, 0.4) is 0 Å². The van der Waals surface area contributed by atoms with Crippen molar-refractivity contribution in [2.24, 2.45) is 0 Å². The number of fused-ring (bicyclic) bond motifs is 2. The van der Waals surface area contributed by atoms with Crippen molar-refractivity contribution in [3.8, 4) is 0 Å². The maximum Gasteiger partial charge on any atom is 0.294 e. The number of allylic oxidation sites excluding steroid dienone is 4. The lowest BCUT2D eigenvalue weighted by molar-refractivity contribution is -0.433. The largest absolute Gasteiger partial charge is 0.344 e. The third kappa shape index (κ3) is 5.09. The van der Waals surface area contributed by atoms with Gasteiger partial charge in [-0.05, 0) is 88.2 Å². The van der Waals surface area contributed by atoms with Gasteiger partial charge in [-0.25, -0.2) is 0 Å². The molecular formula is C32H37N6O3S+. The Labute approximate surface area is 247 Å². The monoisotopic (exact) mass is 585 g/mol. The Balaban J connectivity index is 1.47. The predicted molar refractivity (Wildman–Crippen MR) is 166 cm³/mol. The molecule has 2 aromatic carbocycles. The van der Waals surface area contributed by atoms with E-state index in [9.17, 15) is 13.0 Å². The molecule has 10 heteroatoms. The Morgan fingerprint density at radius 3 is 2.26 bits per heavy atom. The summed E-state index contributed by atoms with van der Waals surface area (Å²) < 4.78 is 35.7. The van der Waals surface area contributed by atoms with Crippen molar-refractivity contribution in [3.05, 3.63) is 88.7 Å². The molecule has 0 spiro atoms. The minimum absolute atomic E-state index is 0.0873. The zero-order valence-corrected chi connectivity index (χ0v) is 25.9. The van der Waals surface area contributed by atoms with Crippen LogP contribution in [0.4, 0.5) is 11.4 Å². The molecule has 0 saturated heterocycles. The first-order valence-corrected chi connectivity index (χ1v) is 15.5. The second-order valence-corrected chi connectivity index (χ2v) is 13.0. The van der Waals surface area contributed by atoms with E-state index in [0.29, 0.717) is 11.6 Å². The Morgan fingerprint density at radius 2 is 1.62 bits per heavy atom. The topological polar surface area (TPSA) is 112 Å². The van der Waals surface area contributed by atoms with E-state index in [0.717, 1.165) is 35.6 Å². The number of benzene rings is 2. The minimum atomic E-state index is -4.29. The molecule has 0 saturated carbocycles. The summed E-state index contributed by atoms with van der Waals surface area (Å²) in [5.41, 5.74) is 6.86. The van der Waals surface area contributed by atoms with Gasteiger partial charge < -0.3 is 4.90 Å². The summed E-state index contributed by atoms with van der Waals surface area (Å²) >= 11 is 0. The first-order valence-electron chi connectivity index (χ1n) is 14.1. The van der Waals surface area contributed by atoms with Crippen LogP contribution >= 0.6 is 0 Å². The molecule has 0 aliphatic carbocycles. The lowest BCUT2D eigenvalue weighted by atomic mass is 9.80. The van der Waals surface area contributed by atoms with Crippen LogP contribution in [0.15, 0.2) is 65.2 Å². The molecule has 9 nitrogen and oxygen atoms in total. The zero-order chi connectivity index (χ0) is 30.4. The molecule has 5 rings (SSSR count). The second-order valence-electron chi connectivity index (χ2n) is 11.6. The number of nitrogens with zero attached hydrogens (tertiary/aromatic N) is 6. The highest BCUT2D eigenvalue weighted by Gasteiger charge is 2.44. The number of aromatic nitrogens is 4. The van der Waals surface area contributed by atoms with E-state index in [1.165, 1.54) is 23.0 Å². The number of anilines is 1. The zero-order valence-electron chi connectivity index (χ0n) is 25.1. The van der Waals surface area contributed by atoms with E-state index in [2.05, 4.69) is 108 Å². The van der Waals surface area contributed by atoms with Crippen LogP contribution in [-0.4, -0.2) is 56.7 Å². The van der Waals surface area contributed by atoms with Crippen molar-refractivity contribution in [2.45, 2.75) is 64.2 Å². The molecule has 3 aromatic rings.